The monoisotopic (exact) mass is 440 g/mol. The number of carbonyl (C=O) groups excluding carboxylic acids is 1. The molecule has 0 atom stereocenters. The molecular weight excluding hydrogens is 424 g/mol. The van der Waals surface area contributed by atoms with Gasteiger partial charge in [-0.15, -0.1) is 0 Å². The van der Waals surface area contributed by atoms with Crippen LogP contribution < -0.4 is 19.6 Å². The molecule has 138 valence electrons. The third-order valence-corrected chi connectivity index (χ3v) is 4.19. The quantitative estimate of drug-likeness (QED) is 0.520. The highest BCUT2D eigenvalue weighted by atomic mass is 79.9. The minimum atomic E-state index is -0.407. The number of hydrogen-bond donors (Lipinski definition) is 1. The van der Waals surface area contributed by atoms with Crippen LogP contribution in [0.15, 0.2) is 46.0 Å². The van der Waals surface area contributed by atoms with E-state index in [1.165, 1.54) is 0 Å². The van der Waals surface area contributed by atoms with Crippen LogP contribution in [0.4, 0.5) is 0 Å². The van der Waals surface area contributed by atoms with Crippen molar-refractivity contribution in [3.63, 3.8) is 0 Å². The number of nitrogens with one attached hydrogen (secondary N) is 1. The maximum Gasteiger partial charge on any atom is 0.277 e. The van der Waals surface area contributed by atoms with Crippen molar-refractivity contribution in [2.24, 2.45) is 5.10 Å². The minimum Gasteiger partial charge on any atom is -0.497 e. The SMILES string of the molecule is COc1ccc(/C(C)=N/NC(=O)COc2ccc(Br)cc2Cl)c(OC)c1. The molecular formula is C18H18BrClN2O4. The van der Waals surface area contributed by atoms with Crippen LogP contribution in [0.3, 0.4) is 0 Å². The van der Waals surface area contributed by atoms with E-state index < -0.39 is 5.91 Å². The molecule has 8 heteroatoms. The Morgan fingerprint density at radius 3 is 2.58 bits per heavy atom. The van der Waals surface area contributed by atoms with Gasteiger partial charge >= 0.3 is 0 Å². The molecule has 26 heavy (non-hydrogen) atoms. The zero-order chi connectivity index (χ0) is 19.1. The topological polar surface area (TPSA) is 69.2 Å². The van der Waals surface area contributed by atoms with Crippen molar-refractivity contribution in [3.05, 3.63) is 51.5 Å². The van der Waals surface area contributed by atoms with E-state index in [1.54, 1.807) is 57.5 Å². The number of hydrazone groups is 1. The van der Waals surface area contributed by atoms with Gasteiger partial charge in [0.1, 0.15) is 17.2 Å². The molecule has 0 radical (unpaired) electrons. The normalized spacial score (nSPS) is 11.0. The van der Waals surface area contributed by atoms with Crippen LogP contribution >= 0.6 is 27.5 Å². The summed E-state index contributed by atoms with van der Waals surface area (Å²) in [4.78, 5) is 11.9. The molecule has 1 amide bonds. The first-order valence-electron chi connectivity index (χ1n) is 7.58. The molecule has 0 aliphatic heterocycles. The smallest absolute Gasteiger partial charge is 0.277 e. The molecule has 0 saturated carbocycles. The Bertz CT molecular complexity index is 827. The Labute approximate surface area is 165 Å². The van der Waals surface area contributed by atoms with Crippen molar-refractivity contribution in [1.29, 1.82) is 0 Å². The van der Waals surface area contributed by atoms with Gasteiger partial charge in [0.05, 0.1) is 25.0 Å². The van der Waals surface area contributed by atoms with E-state index in [0.29, 0.717) is 28.0 Å². The fourth-order valence-electron chi connectivity index (χ4n) is 2.07. The number of halogens is 2. The molecule has 6 nitrogen and oxygen atoms in total. The van der Waals surface area contributed by atoms with E-state index in [0.717, 1.165) is 10.0 Å². The Morgan fingerprint density at radius 2 is 1.92 bits per heavy atom. The highest BCUT2D eigenvalue weighted by Gasteiger charge is 2.10. The van der Waals surface area contributed by atoms with Crippen LogP contribution in [0.5, 0.6) is 17.2 Å². The fraction of sp³-hybridized carbons (Fsp3) is 0.222. The van der Waals surface area contributed by atoms with Gasteiger partial charge in [0.25, 0.3) is 5.91 Å². The maximum atomic E-state index is 11.9. The molecule has 1 N–H and O–H groups in total. The van der Waals surface area contributed by atoms with Gasteiger partial charge in [-0.1, -0.05) is 27.5 Å². The Morgan fingerprint density at radius 1 is 1.15 bits per heavy atom. The average Bonchev–Trinajstić information content (AvgIpc) is 2.64. The third kappa shape index (κ3) is 5.37. The Kier molecular flexibility index (Phi) is 7.29. The third-order valence-electron chi connectivity index (χ3n) is 3.40. The number of benzene rings is 2. The van der Waals surface area contributed by atoms with Crippen molar-refractivity contribution in [1.82, 2.24) is 5.43 Å². The van der Waals surface area contributed by atoms with Crippen molar-refractivity contribution in [3.8, 4) is 17.2 Å². The molecule has 2 aromatic carbocycles. The Balaban J connectivity index is 1.98. The first-order valence-corrected chi connectivity index (χ1v) is 8.75. The summed E-state index contributed by atoms with van der Waals surface area (Å²) in [5.41, 5.74) is 3.77. The molecule has 0 saturated heterocycles. The largest absolute Gasteiger partial charge is 0.497 e. The lowest BCUT2D eigenvalue weighted by Gasteiger charge is -2.10. The molecule has 2 aromatic rings. The lowest BCUT2D eigenvalue weighted by atomic mass is 10.1. The number of rotatable bonds is 7. The van der Waals surface area contributed by atoms with E-state index in [9.17, 15) is 4.79 Å². The van der Waals surface area contributed by atoms with Gasteiger partial charge < -0.3 is 14.2 Å². The van der Waals surface area contributed by atoms with Crippen molar-refractivity contribution in [2.75, 3.05) is 20.8 Å². The van der Waals surface area contributed by atoms with Gasteiger partial charge in [0.2, 0.25) is 0 Å². The van der Waals surface area contributed by atoms with E-state index in [4.69, 9.17) is 25.8 Å². The number of carbonyl (C=O) groups is 1. The molecule has 0 spiro atoms. The first-order chi connectivity index (χ1) is 12.4. The second kappa shape index (κ2) is 9.45. The van der Waals surface area contributed by atoms with Crippen molar-refractivity contribution >= 4 is 39.1 Å². The van der Waals surface area contributed by atoms with E-state index in [2.05, 4.69) is 26.5 Å². The van der Waals surface area contributed by atoms with Gasteiger partial charge in [-0.05, 0) is 37.3 Å². The molecule has 0 aromatic heterocycles. The van der Waals surface area contributed by atoms with Crippen LogP contribution in [-0.2, 0) is 4.79 Å². The lowest BCUT2D eigenvalue weighted by Crippen LogP contribution is -2.25. The summed E-state index contributed by atoms with van der Waals surface area (Å²) in [6, 6.07) is 10.5. The average molecular weight is 442 g/mol. The van der Waals surface area contributed by atoms with Crippen LogP contribution in [0, 0.1) is 0 Å². The van der Waals surface area contributed by atoms with Crippen LogP contribution in [0.1, 0.15) is 12.5 Å². The minimum absolute atomic E-state index is 0.210. The standard InChI is InChI=1S/C18H18BrClN2O4/c1-11(14-6-5-13(24-2)9-17(14)25-3)21-22-18(23)10-26-16-7-4-12(19)8-15(16)20/h4-9H,10H2,1-3H3,(H,22,23)/b21-11+. The summed E-state index contributed by atoms with van der Waals surface area (Å²) in [7, 11) is 3.13. The second-order valence-corrected chi connectivity index (χ2v) is 6.48. The number of ether oxygens (including phenoxy) is 3. The van der Waals surface area contributed by atoms with E-state index in [-0.39, 0.29) is 6.61 Å². The van der Waals surface area contributed by atoms with Crippen LogP contribution in [0.2, 0.25) is 5.02 Å². The molecule has 0 unspecified atom stereocenters. The van der Waals surface area contributed by atoms with Crippen LogP contribution in [0.25, 0.3) is 0 Å². The lowest BCUT2D eigenvalue weighted by molar-refractivity contribution is -0.123. The first kappa shape index (κ1) is 20.1. The van der Waals surface area contributed by atoms with Gasteiger partial charge in [-0.3, -0.25) is 4.79 Å². The molecule has 2 rings (SSSR count). The van der Waals surface area contributed by atoms with Crippen molar-refractivity contribution < 1.29 is 19.0 Å². The Hall–Kier alpha value is -2.25. The summed E-state index contributed by atoms with van der Waals surface area (Å²) in [6.45, 7) is 1.55. The molecule has 0 heterocycles. The molecule has 0 aliphatic rings. The maximum absolute atomic E-state index is 11.9. The van der Waals surface area contributed by atoms with Gasteiger partial charge in [-0.25, -0.2) is 5.43 Å². The zero-order valence-electron chi connectivity index (χ0n) is 14.5. The van der Waals surface area contributed by atoms with Gasteiger partial charge in [0.15, 0.2) is 6.61 Å². The van der Waals surface area contributed by atoms with Gasteiger partial charge in [0, 0.05) is 16.1 Å². The number of amides is 1. The highest BCUT2D eigenvalue weighted by molar-refractivity contribution is 9.10. The van der Waals surface area contributed by atoms with E-state index in [1.807, 2.05) is 0 Å². The summed E-state index contributed by atoms with van der Waals surface area (Å²) in [5, 5.41) is 4.49. The number of nitrogens with zero attached hydrogens (tertiary/aromatic N) is 1. The molecule has 0 aliphatic carbocycles. The van der Waals surface area contributed by atoms with Crippen molar-refractivity contribution in [2.45, 2.75) is 6.92 Å². The zero-order valence-corrected chi connectivity index (χ0v) is 16.8. The summed E-state index contributed by atoms with van der Waals surface area (Å²) in [5.74, 6) is 1.28. The molecule has 0 fully saturated rings. The summed E-state index contributed by atoms with van der Waals surface area (Å²) >= 11 is 9.35. The number of methoxy groups -OCH3 is 2. The predicted octanol–water partition coefficient (Wildman–Crippen LogP) is 4.04. The summed E-state index contributed by atoms with van der Waals surface area (Å²) in [6.07, 6.45) is 0. The van der Waals surface area contributed by atoms with Gasteiger partial charge in [-0.2, -0.15) is 5.10 Å². The van der Waals surface area contributed by atoms with E-state index >= 15 is 0 Å². The second-order valence-electron chi connectivity index (χ2n) is 5.16. The number of hydrogen-bond acceptors (Lipinski definition) is 5. The highest BCUT2D eigenvalue weighted by Crippen LogP contribution is 2.27. The predicted molar refractivity (Wildman–Crippen MR) is 105 cm³/mol. The fourth-order valence-corrected chi connectivity index (χ4v) is 2.80. The molecule has 0 bridgehead atoms. The summed E-state index contributed by atoms with van der Waals surface area (Å²) < 4.78 is 16.7. The van der Waals surface area contributed by atoms with Crippen LogP contribution in [-0.4, -0.2) is 32.4 Å².